The highest BCUT2D eigenvalue weighted by Crippen LogP contribution is 2.38. The van der Waals surface area contributed by atoms with Gasteiger partial charge in [-0.3, -0.25) is 9.36 Å². The van der Waals surface area contributed by atoms with Crippen LogP contribution in [0.25, 0.3) is 16.0 Å². The summed E-state index contributed by atoms with van der Waals surface area (Å²) in [5.74, 6) is 0.807. The van der Waals surface area contributed by atoms with Gasteiger partial charge in [0.25, 0.3) is 5.56 Å². The van der Waals surface area contributed by atoms with Gasteiger partial charge in [-0.25, -0.2) is 4.98 Å². The summed E-state index contributed by atoms with van der Waals surface area (Å²) in [4.78, 5) is 24.2. The number of fused-ring (bicyclic) bond motifs is 2. The molecule has 36 heavy (non-hydrogen) atoms. The number of likely N-dealkylation sites (tertiary alicyclic amines) is 1. The van der Waals surface area contributed by atoms with E-state index in [0.717, 1.165) is 77.1 Å². The minimum absolute atomic E-state index is 0.00747. The van der Waals surface area contributed by atoms with E-state index >= 15 is 0 Å². The van der Waals surface area contributed by atoms with Crippen molar-refractivity contribution in [2.75, 3.05) is 43.9 Å². The van der Waals surface area contributed by atoms with E-state index in [2.05, 4.69) is 45.3 Å². The lowest BCUT2D eigenvalue weighted by Gasteiger charge is -2.31. The number of rotatable bonds is 5. The third-order valence-electron chi connectivity index (χ3n) is 7.05. The Labute approximate surface area is 213 Å². The summed E-state index contributed by atoms with van der Waals surface area (Å²) >= 11 is 1.59. The van der Waals surface area contributed by atoms with Crippen LogP contribution in [0.5, 0.6) is 5.75 Å². The lowest BCUT2D eigenvalue weighted by atomic mass is 10.1. The van der Waals surface area contributed by atoms with Crippen LogP contribution in [0.1, 0.15) is 17.7 Å². The first-order chi connectivity index (χ1) is 17.6. The molecule has 1 saturated heterocycles. The van der Waals surface area contributed by atoms with Gasteiger partial charge in [0, 0.05) is 23.2 Å². The van der Waals surface area contributed by atoms with Crippen molar-refractivity contribution < 1.29 is 4.74 Å². The van der Waals surface area contributed by atoms with Crippen LogP contribution in [0.3, 0.4) is 0 Å². The molecule has 4 heterocycles. The standard InChI is InChI=1S/C27H30N6O2S/c1-31-11-9-18(10-12-31)29-17-21-16-23-26(36-21)30-25(28)27(34)33(23)20-7-8-24-22(15-20)32(13-14-35-24)19-5-3-2-4-6-19/h2-8,15-16,18,29H,9-14,17H2,1H3,(H2,28,30). The maximum atomic E-state index is 13.3. The molecule has 6 rings (SSSR count). The van der Waals surface area contributed by atoms with Crippen molar-refractivity contribution in [1.82, 2.24) is 19.8 Å². The summed E-state index contributed by atoms with van der Waals surface area (Å²) < 4.78 is 7.62. The minimum Gasteiger partial charge on any atom is -0.490 e. The van der Waals surface area contributed by atoms with Gasteiger partial charge in [-0.2, -0.15) is 0 Å². The van der Waals surface area contributed by atoms with Crippen molar-refractivity contribution in [2.24, 2.45) is 0 Å². The van der Waals surface area contributed by atoms with Crippen molar-refractivity contribution in [3.63, 3.8) is 0 Å². The Balaban J connectivity index is 1.36. The first kappa shape index (κ1) is 23.0. The fourth-order valence-electron chi connectivity index (χ4n) is 5.06. The number of nitrogen functional groups attached to an aromatic ring is 1. The fourth-order valence-corrected chi connectivity index (χ4v) is 6.04. The molecule has 0 bridgehead atoms. The molecule has 0 amide bonds. The first-order valence-corrected chi connectivity index (χ1v) is 13.2. The number of ether oxygens (including phenoxy) is 1. The summed E-state index contributed by atoms with van der Waals surface area (Å²) in [5.41, 5.74) is 9.34. The van der Waals surface area contributed by atoms with Crippen LogP contribution in [-0.2, 0) is 6.54 Å². The number of piperidine rings is 1. The van der Waals surface area contributed by atoms with Crippen LogP contribution in [0.4, 0.5) is 17.2 Å². The highest BCUT2D eigenvalue weighted by molar-refractivity contribution is 7.18. The summed E-state index contributed by atoms with van der Waals surface area (Å²) in [5, 5.41) is 3.69. The predicted molar refractivity (Wildman–Crippen MR) is 146 cm³/mol. The first-order valence-electron chi connectivity index (χ1n) is 12.4. The highest BCUT2D eigenvalue weighted by Gasteiger charge is 2.22. The molecular weight excluding hydrogens is 472 g/mol. The zero-order valence-corrected chi connectivity index (χ0v) is 21.1. The second-order valence-electron chi connectivity index (χ2n) is 9.49. The van der Waals surface area contributed by atoms with E-state index in [-0.39, 0.29) is 11.4 Å². The molecule has 0 radical (unpaired) electrons. The van der Waals surface area contributed by atoms with Crippen LogP contribution in [0.15, 0.2) is 59.4 Å². The number of anilines is 3. The molecule has 3 N–H and O–H groups in total. The molecule has 0 aliphatic carbocycles. The Morgan fingerprint density at radius 2 is 1.89 bits per heavy atom. The third kappa shape index (κ3) is 4.34. The number of nitrogens with two attached hydrogens (primary N) is 1. The lowest BCUT2D eigenvalue weighted by Crippen LogP contribution is -2.40. The Morgan fingerprint density at radius 1 is 1.08 bits per heavy atom. The third-order valence-corrected chi connectivity index (χ3v) is 8.06. The molecule has 9 heteroatoms. The number of benzene rings is 2. The summed E-state index contributed by atoms with van der Waals surface area (Å²) in [6.07, 6.45) is 2.29. The van der Waals surface area contributed by atoms with Crippen molar-refractivity contribution in [2.45, 2.75) is 25.4 Å². The van der Waals surface area contributed by atoms with E-state index in [1.54, 1.807) is 15.9 Å². The van der Waals surface area contributed by atoms with Crippen molar-refractivity contribution in [1.29, 1.82) is 0 Å². The molecule has 2 aromatic heterocycles. The van der Waals surface area contributed by atoms with Crippen LogP contribution >= 0.6 is 11.3 Å². The average Bonchev–Trinajstić information content (AvgIpc) is 3.31. The number of thiophene rings is 1. The summed E-state index contributed by atoms with van der Waals surface area (Å²) in [7, 11) is 2.17. The van der Waals surface area contributed by atoms with E-state index in [9.17, 15) is 4.79 Å². The van der Waals surface area contributed by atoms with E-state index in [0.29, 0.717) is 12.6 Å². The number of para-hydroxylation sites is 1. The Kier molecular flexibility index (Phi) is 6.12. The fraction of sp³-hybridized carbons (Fsp3) is 0.333. The molecule has 0 unspecified atom stereocenters. The number of hydrogen-bond donors (Lipinski definition) is 2. The maximum absolute atomic E-state index is 13.3. The molecule has 0 saturated carbocycles. The molecule has 4 aromatic rings. The molecule has 0 atom stereocenters. The van der Waals surface area contributed by atoms with E-state index in [4.69, 9.17) is 10.5 Å². The smallest absolute Gasteiger partial charge is 0.298 e. The quantitative estimate of drug-likeness (QED) is 0.430. The molecule has 0 spiro atoms. The normalized spacial score (nSPS) is 16.8. The molecule has 2 aliphatic rings. The second kappa shape index (κ2) is 9.57. The highest BCUT2D eigenvalue weighted by atomic mass is 32.1. The lowest BCUT2D eigenvalue weighted by molar-refractivity contribution is 0.234. The predicted octanol–water partition coefficient (Wildman–Crippen LogP) is 3.74. The Morgan fingerprint density at radius 3 is 2.69 bits per heavy atom. The molecular formula is C27H30N6O2S. The number of aromatic nitrogens is 2. The summed E-state index contributed by atoms with van der Waals surface area (Å²) in [6.45, 7) is 4.32. The average molecular weight is 503 g/mol. The van der Waals surface area contributed by atoms with Gasteiger partial charge in [0.05, 0.1) is 23.4 Å². The van der Waals surface area contributed by atoms with E-state index < -0.39 is 0 Å². The van der Waals surface area contributed by atoms with Gasteiger partial charge in [0.2, 0.25) is 0 Å². The van der Waals surface area contributed by atoms with E-state index in [1.165, 1.54) is 0 Å². The molecule has 1 fully saturated rings. The molecule has 8 nitrogen and oxygen atoms in total. The van der Waals surface area contributed by atoms with Gasteiger partial charge in [-0.15, -0.1) is 11.3 Å². The minimum atomic E-state index is -0.307. The van der Waals surface area contributed by atoms with Crippen molar-refractivity contribution >= 4 is 38.9 Å². The number of nitrogens with zero attached hydrogens (tertiary/aromatic N) is 4. The number of nitrogens with one attached hydrogen (secondary N) is 1. The largest absolute Gasteiger partial charge is 0.490 e. The molecule has 186 valence electrons. The van der Waals surface area contributed by atoms with Crippen LogP contribution in [-0.4, -0.2) is 53.8 Å². The second-order valence-corrected chi connectivity index (χ2v) is 10.6. The summed E-state index contributed by atoms with van der Waals surface area (Å²) in [6, 6.07) is 18.7. The SMILES string of the molecule is CN1CCC(NCc2cc3c(nc(N)c(=O)n3-c3ccc4c(c3)N(c3ccccc3)CCO4)s2)CC1. The van der Waals surface area contributed by atoms with Gasteiger partial charge in [0.1, 0.15) is 17.2 Å². The van der Waals surface area contributed by atoms with Gasteiger partial charge in [-0.1, -0.05) is 18.2 Å². The van der Waals surface area contributed by atoms with Gasteiger partial charge >= 0.3 is 0 Å². The number of hydrogen-bond acceptors (Lipinski definition) is 8. The zero-order valence-electron chi connectivity index (χ0n) is 20.3. The molecule has 2 aromatic carbocycles. The van der Waals surface area contributed by atoms with E-state index in [1.807, 2.05) is 36.4 Å². The zero-order chi connectivity index (χ0) is 24.6. The van der Waals surface area contributed by atoms with Crippen molar-refractivity contribution in [3.05, 3.63) is 69.8 Å². The maximum Gasteiger partial charge on any atom is 0.298 e. The van der Waals surface area contributed by atoms with Crippen LogP contribution in [0, 0.1) is 0 Å². The van der Waals surface area contributed by atoms with Gasteiger partial charge in [0.15, 0.2) is 5.82 Å². The van der Waals surface area contributed by atoms with Crippen molar-refractivity contribution in [3.8, 4) is 11.4 Å². The van der Waals surface area contributed by atoms with Gasteiger partial charge < -0.3 is 25.6 Å². The van der Waals surface area contributed by atoms with Crippen LogP contribution < -0.4 is 26.2 Å². The molecule has 2 aliphatic heterocycles. The topological polar surface area (TPSA) is 88.7 Å². The Hall–Kier alpha value is -3.40. The Bertz CT molecular complexity index is 1440. The van der Waals surface area contributed by atoms with Crippen LogP contribution in [0.2, 0.25) is 0 Å². The van der Waals surface area contributed by atoms with Gasteiger partial charge in [-0.05, 0) is 69.4 Å². The monoisotopic (exact) mass is 502 g/mol.